The van der Waals surface area contributed by atoms with E-state index < -0.39 is 17.5 Å². The summed E-state index contributed by atoms with van der Waals surface area (Å²) in [5.74, 6) is -4.05. The van der Waals surface area contributed by atoms with Crippen LogP contribution in [-0.4, -0.2) is 12.5 Å². The van der Waals surface area contributed by atoms with Gasteiger partial charge in [-0.25, -0.2) is 13.2 Å². The van der Waals surface area contributed by atoms with Crippen LogP contribution < -0.4 is 5.32 Å². The minimum absolute atomic E-state index is 0.0216. The quantitative estimate of drug-likeness (QED) is 0.639. The molecule has 1 aromatic rings. The first-order valence-electron chi connectivity index (χ1n) is 5.07. The zero-order chi connectivity index (χ0) is 12.8. The summed E-state index contributed by atoms with van der Waals surface area (Å²) in [6.45, 7) is 1.80. The highest BCUT2D eigenvalue weighted by atomic mass is 19.2. The van der Waals surface area contributed by atoms with E-state index in [0.717, 1.165) is 12.1 Å². The van der Waals surface area contributed by atoms with E-state index in [1.165, 1.54) is 13.0 Å². The second-order valence-electron chi connectivity index (χ2n) is 3.44. The Morgan fingerprint density at radius 3 is 2.65 bits per heavy atom. The third kappa shape index (κ3) is 3.94. The third-order valence-corrected chi connectivity index (χ3v) is 2.05. The molecule has 0 aliphatic rings. The second kappa shape index (κ2) is 6.08. The van der Waals surface area contributed by atoms with Gasteiger partial charge in [-0.05, 0) is 18.6 Å². The van der Waals surface area contributed by atoms with Crippen molar-refractivity contribution in [3.8, 4) is 0 Å². The molecule has 0 radical (unpaired) electrons. The first-order chi connectivity index (χ1) is 8.02. The standard InChI is InChI=1S/C12H12F3NO/c1-8(17)16-7-3-2-4-9-5-6-10(13)12(15)11(9)14/h2,4-6H,3,7H2,1H3,(H,16,17). The predicted molar refractivity (Wildman–Crippen MR) is 58.7 cm³/mol. The van der Waals surface area contributed by atoms with Gasteiger partial charge in [0.25, 0.3) is 0 Å². The van der Waals surface area contributed by atoms with E-state index in [4.69, 9.17) is 0 Å². The maximum absolute atomic E-state index is 13.2. The summed E-state index contributed by atoms with van der Waals surface area (Å²) in [6, 6.07) is 2.02. The van der Waals surface area contributed by atoms with E-state index in [1.54, 1.807) is 6.08 Å². The molecule has 0 bridgehead atoms. The number of hydrogen-bond acceptors (Lipinski definition) is 1. The van der Waals surface area contributed by atoms with Crippen LogP contribution in [0.1, 0.15) is 18.9 Å². The zero-order valence-electron chi connectivity index (χ0n) is 9.27. The molecular formula is C12H12F3NO. The molecule has 0 aliphatic carbocycles. The van der Waals surface area contributed by atoms with Crippen LogP contribution in [0.4, 0.5) is 13.2 Å². The molecule has 0 aliphatic heterocycles. The molecule has 0 unspecified atom stereocenters. The Balaban J connectivity index is 2.60. The highest BCUT2D eigenvalue weighted by molar-refractivity contribution is 5.72. The zero-order valence-corrected chi connectivity index (χ0v) is 9.27. The van der Waals surface area contributed by atoms with Gasteiger partial charge < -0.3 is 5.32 Å². The Morgan fingerprint density at radius 1 is 1.29 bits per heavy atom. The van der Waals surface area contributed by atoms with Crippen molar-refractivity contribution in [2.45, 2.75) is 13.3 Å². The lowest BCUT2D eigenvalue weighted by atomic mass is 10.1. The number of nitrogens with one attached hydrogen (secondary N) is 1. The van der Waals surface area contributed by atoms with Crippen LogP contribution in [0.25, 0.3) is 6.08 Å². The fourth-order valence-corrected chi connectivity index (χ4v) is 1.21. The third-order valence-electron chi connectivity index (χ3n) is 2.05. The smallest absolute Gasteiger partial charge is 0.216 e. The van der Waals surface area contributed by atoms with Gasteiger partial charge in [-0.3, -0.25) is 4.79 Å². The average Bonchev–Trinajstić information content (AvgIpc) is 2.28. The van der Waals surface area contributed by atoms with Crippen molar-refractivity contribution in [3.63, 3.8) is 0 Å². The molecule has 0 saturated heterocycles. The van der Waals surface area contributed by atoms with Gasteiger partial charge >= 0.3 is 0 Å². The molecule has 0 fully saturated rings. The van der Waals surface area contributed by atoms with Gasteiger partial charge in [0.1, 0.15) is 0 Å². The average molecular weight is 243 g/mol. The Labute approximate surface area is 97.1 Å². The molecule has 0 spiro atoms. The molecule has 1 aromatic carbocycles. The molecule has 0 heterocycles. The number of carbonyl (C=O) groups excluding carboxylic acids is 1. The summed E-state index contributed by atoms with van der Waals surface area (Å²) in [4.78, 5) is 10.5. The Bertz CT molecular complexity index is 444. The van der Waals surface area contributed by atoms with Crippen LogP contribution in [0.15, 0.2) is 18.2 Å². The minimum atomic E-state index is -1.48. The van der Waals surface area contributed by atoms with E-state index in [2.05, 4.69) is 5.32 Å². The van der Waals surface area contributed by atoms with Gasteiger partial charge in [-0.1, -0.05) is 12.2 Å². The summed E-state index contributed by atoms with van der Waals surface area (Å²) in [6.07, 6.45) is 3.41. The maximum Gasteiger partial charge on any atom is 0.216 e. The van der Waals surface area contributed by atoms with E-state index in [1.807, 2.05) is 0 Å². The van der Waals surface area contributed by atoms with E-state index in [9.17, 15) is 18.0 Å². The highest BCUT2D eigenvalue weighted by Gasteiger charge is 2.10. The fraction of sp³-hybridized carbons (Fsp3) is 0.250. The van der Waals surface area contributed by atoms with Crippen molar-refractivity contribution in [1.82, 2.24) is 5.32 Å². The molecule has 92 valence electrons. The Kier molecular flexibility index (Phi) is 4.75. The van der Waals surface area contributed by atoms with Crippen molar-refractivity contribution < 1.29 is 18.0 Å². The van der Waals surface area contributed by atoms with Gasteiger partial charge in [0.2, 0.25) is 5.91 Å². The number of halogens is 3. The lowest BCUT2D eigenvalue weighted by molar-refractivity contribution is -0.118. The molecule has 5 heteroatoms. The van der Waals surface area contributed by atoms with Crippen LogP contribution in [0.3, 0.4) is 0 Å². The van der Waals surface area contributed by atoms with Crippen molar-refractivity contribution in [2.75, 3.05) is 6.54 Å². The first-order valence-corrected chi connectivity index (χ1v) is 5.07. The highest BCUT2D eigenvalue weighted by Crippen LogP contribution is 2.16. The SMILES string of the molecule is CC(=O)NCCC=Cc1ccc(F)c(F)c1F. The molecule has 17 heavy (non-hydrogen) atoms. The molecule has 1 N–H and O–H groups in total. The van der Waals surface area contributed by atoms with Crippen molar-refractivity contribution >= 4 is 12.0 Å². The molecule has 0 aromatic heterocycles. The monoisotopic (exact) mass is 243 g/mol. The Morgan fingerprint density at radius 2 is 2.00 bits per heavy atom. The lowest BCUT2D eigenvalue weighted by Crippen LogP contribution is -2.20. The molecular weight excluding hydrogens is 231 g/mol. The van der Waals surface area contributed by atoms with Crippen LogP contribution in [-0.2, 0) is 4.79 Å². The summed E-state index contributed by atoms with van der Waals surface area (Å²) >= 11 is 0. The summed E-state index contributed by atoms with van der Waals surface area (Å²) in [5, 5.41) is 2.55. The Hall–Kier alpha value is -1.78. The number of amides is 1. The van der Waals surface area contributed by atoms with Crippen molar-refractivity contribution in [3.05, 3.63) is 41.2 Å². The summed E-state index contributed by atoms with van der Waals surface area (Å²) < 4.78 is 38.6. The maximum atomic E-state index is 13.2. The van der Waals surface area contributed by atoms with Crippen molar-refractivity contribution in [1.29, 1.82) is 0 Å². The van der Waals surface area contributed by atoms with E-state index in [-0.39, 0.29) is 11.5 Å². The predicted octanol–water partition coefficient (Wildman–Crippen LogP) is 2.64. The molecule has 0 atom stereocenters. The lowest BCUT2D eigenvalue weighted by Gasteiger charge is -2.00. The number of rotatable bonds is 4. The number of benzene rings is 1. The van der Waals surface area contributed by atoms with Crippen LogP contribution >= 0.6 is 0 Å². The molecule has 1 rings (SSSR count). The van der Waals surface area contributed by atoms with Gasteiger partial charge in [0.05, 0.1) is 0 Å². The van der Waals surface area contributed by atoms with Crippen molar-refractivity contribution in [2.24, 2.45) is 0 Å². The van der Waals surface area contributed by atoms with Gasteiger partial charge in [0, 0.05) is 19.0 Å². The topological polar surface area (TPSA) is 29.1 Å². The minimum Gasteiger partial charge on any atom is -0.356 e. The second-order valence-corrected chi connectivity index (χ2v) is 3.44. The molecule has 2 nitrogen and oxygen atoms in total. The summed E-state index contributed by atoms with van der Waals surface area (Å²) in [5.41, 5.74) is -0.0216. The first kappa shape index (κ1) is 13.3. The van der Waals surface area contributed by atoms with Crippen LogP contribution in [0.5, 0.6) is 0 Å². The van der Waals surface area contributed by atoms with Gasteiger partial charge in [0.15, 0.2) is 17.5 Å². The fourth-order valence-electron chi connectivity index (χ4n) is 1.21. The summed E-state index contributed by atoms with van der Waals surface area (Å²) in [7, 11) is 0. The van der Waals surface area contributed by atoms with E-state index in [0.29, 0.717) is 13.0 Å². The number of hydrogen-bond donors (Lipinski definition) is 1. The van der Waals surface area contributed by atoms with Gasteiger partial charge in [-0.15, -0.1) is 0 Å². The van der Waals surface area contributed by atoms with Gasteiger partial charge in [-0.2, -0.15) is 0 Å². The van der Waals surface area contributed by atoms with Crippen LogP contribution in [0, 0.1) is 17.5 Å². The van der Waals surface area contributed by atoms with E-state index >= 15 is 0 Å². The molecule has 1 amide bonds. The number of carbonyl (C=O) groups is 1. The van der Waals surface area contributed by atoms with Crippen LogP contribution in [0.2, 0.25) is 0 Å². The largest absolute Gasteiger partial charge is 0.356 e. The molecule has 0 saturated carbocycles. The normalized spacial score (nSPS) is 10.8.